The molecule has 3 nitrogen and oxygen atoms in total. The van der Waals surface area contributed by atoms with Gasteiger partial charge >= 0.3 is 0 Å². The fourth-order valence-corrected chi connectivity index (χ4v) is 5.45. The van der Waals surface area contributed by atoms with Crippen molar-refractivity contribution in [1.82, 2.24) is 5.32 Å². The Hall–Kier alpha value is -1.05. The molecule has 20 heavy (non-hydrogen) atoms. The number of nitrogens with zero attached hydrogens (tertiary/aromatic N) is 2. The Kier molecular flexibility index (Phi) is 3.01. The summed E-state index contributed by atoms with van der Waals surface area (Å²) in [4.78, 5) is 3.87. The number of hydrogen-bond acceptors (Lipinski definition) is 4. The molecule has 1 N–H and O–H groups in total. The first-order valence-electron chi connectivity index (χ1n) is 7.82. The van der Waals surface area contributed by atoms with Gasteiger partial charge in [0.25, 0.3) is 0 Å². The molecule has 1 aromatic heterocycles. The summed E-state index contributed by atoms with van der Waals surface area (Å²) in [7, 11) is 0. The Morgan fingerprint density at radius 1 is 1.20 bits per heavy atom. The SMILES string of the molecule is N#Cc1c(N2CC3(CCCCC3)C2)sc2c1CCNC2. The molecule has 4 rings (SSSR count). The summed E-state index contributed by atoms with van der Waals surface area (Å²) in [5, 5.41) is 14.2. The first-order valence-corrected chi connectivity index (χ1v) is 8.63. The van der Waals surface area contributed by atoms with Crippen LogP contribution in [0, 0.1) is 16.7 Å². The minimum absolute atomic E-state index is 0.591. The Bertz CT molecular complexity index is 555. The predicted molar refractivity (Wildman–Crippen MR) is 82.2 cm³/mol. The van der Waals surface area contributed by atoms with Crippen molar-refractivity contribution in [2.24, 2.45) is 5.41 Å². The number of rotatable bonds is 1. The molecule has 0 amide bonds. The van der Waals surface area contributed by atoms with Crippen LogP contribution in [0.15, 0.2) is 0 Å². The maximum absolute atomic E-state index is 9.54. The lowest BCUT2D eigenvalue weighted by atomic mass is 9.69. The highest BCUT2D eigenvalue weighted by molar-refractivity contribution is 7.16. The molecule has 0 radical (unpaired) electrons. The van der Waals surface area contributed by atoms with Gasteiger partial charge in [0.15, 0.2) is 0 Å². The van der Waals surface area contributed by atoms with Crippen molar-refractivity contribution in [3.05, 3.63) is 16.0 Å². The van der Waals surface area contributed by atoms with Crippen molar-refractivity contribution in [1.29, 1.82) is 5.26 Å². The summed E-state index contributed by atoms with van der Waals surface area (Å²) < 4.78 is 0. The van der Waals surface area contributed by atoms with Gasteiger partial charge < -0.3 is 10.2 Å². The highest BCUT2D eigenvalue weighted by Gasteiger charge is 2.44. The van der Waals surface area contributed by atoms with Crippen LogP contribution in [0.3, 0.4) is 0 Å². The fourth-order valence-electron chi connectivity index (χ4n) is 4.18. The maximum Gasteiger partial charge on any atom is 0.110 e. The van der Waals surface area contributed by atoms with Crippen LogP contribution in [0.4, 0.5) is 5.00 Å². The molecule has 0 aromatic carbocycles. The minimum atomic E-state index is 0.591. The van der Waals surface area contributed by atoms with E-state index < -0.39 is 0 Å². The van der Waals surface area contributed by atoms with Crippen molar-refractivity contribution in [3.8, 4) is 6.07 Å². The zero-order valence-corrected chi connectivity index (χ0v) is 12.7. The van der Waals surface area contributed by atoms with Crippen LogP contribution in [0.2, 0.25) is 0 Å². The molecule has 2 fully saturated rings. The molecule has 1 spiro atoms. The number of hydrogen-bond donors (Lipinski definition) is 1. The van der Waals surface area contributed by atoms with E-state index >= 15 is 0 Å². The second-order valence-electron chi connectivity index (χ2n) is 6.64. The number of nitriles is 1. The number of nitrogens with one attached hydrogen (secondary N) is 1. The molecule has 1 aliphatic carbocycles. The van der Waals surface area contributed by atoms with E-state index in [1.807, 2.05) is 11.3 Å². The molecule has 106 valence electrons. The van der Waals surface area contributed by atoms with Crippen molar-refractivity contribution >= 4 is 16.3 Å². The van der Waals surface area contributed by atoms with E-state index in [-0.39, 0.29) is 0 Å². The largest absolute Gasteiger partial charge is 0.361 e. The topological polar surface area (TPSA) is 39.1 Å². The van der Waals surface area contributed by atoms with Gasteiger partial charge in [-0.3, -0.25) is 0 Å². The van der Waals surface area contributed by atoms with E-state index in [2.05, 4.69) is 16.3 Å². The van der Waals surface area contributed by atoms with E-state index in [1.165, 1.54) is 60.6 Å². The average Bonchev–Trinajstić information content (AvgIpc) is 2.83. The monoisotopic (exact) mass is 287 g/mol. The lowest BCUT2D eigenvalue weighted by Crippen LogP contribution is -2.57. The van der Waals surface area contributed by atoms with Gasteiger partial charge in [-0.25, -0.2) is 0 Å². The Labute approximate surface area is 124 Å². The van der Waals surface area contributed by atoms with Crippen LogP contribution in [-0.2, 0) is 13.0 Å². The molecule has 1 saturated heterocycles. The molecule has 0 unspecified atom stereocenters. The zero-order chi connectivity index (χ0) is 13.6. The van der Waals surface area contributed by atoms with Crippen LogP contribution in [0.5, 0.6) is 0 Å². The minimum Gasteiger partial charge on any atom is -0.361 e. The van der Waals surface area contributed by atoms with E-state index in [9.17, 15) is 5.26 Å². The smallest absolute Gasteiger partial charge is 0.110 e. The molecule has 3 heterocycles. The van der Waals surface area contributed by atoms with E-state index in [0.29, 0.717) is 5.41 Å². The fraction of sp³-hybridized carbons (Fsp3) is 0.688. The molecule has 0 bridgehead atoms. The van der Waals surface area contributed by atoms with E-state index in [0.717, 1.165) is 25.1 Å². The third kappa shape index (κ3) is 1.88. The summed E-state index contributed by atoms with van der Waals surface area (Å²) in [5.74, 6) is 0. The summed E-state index contributed by atoms with van der Waals surface area (Å²) in [5.41, 5.74) is 2.90. The van der Waals surface area contributed by atoms with Crippen LogP contribution in [0.1, 0.15) is 48.1 Å². The lowest BCUT2D eigenvalue weighted by molar-refractivity contribution is 0.140. The maximum atomic E-state index is 9.54. The average molecular weight is 287 g/mol. The Morgan fingerprint density at radius 3 is 2.75 bits per heavy atom. The normalized spacial score (nSPS) is 24.1. The summed E-state index contributed by atoms with van der Waals surface area (Å²) in [6, 6.07) is 2.49. The zero-order valence-electron chi connectivity index (χ0n) is 11.9. The molecule has 2 aliphatic heterocycles. The summed E-state index contributed by atoms with van der Waals surface area (Å²) in [6.45, 7) is 4.35. The van der Waals surface area contributed by atoms with E-state index in [1.54, 1.807) is 0 Å². The Balaban J connectivity index is 1.58. The third-order valence-corrected chi connectivity index (χ3v) is 6.57. The van der Waals surface area contributed by atoms with Gasteiger partial charge in [-0.1, -0.05) is 19.3 Å². The van der Waals surface area contributed by atoms with Gasteiger partial charge in [0.1, 0.15) is 11.1 Å². The lowest BCUT2D eigenvalue weighted by Gasteiger charge is -2.53. The molecule has 1 aromatic rings. The number of fused-ring (bicyclic) bond motifs is 1. The van der Waals surface area contributed by atoms with Crippen molar-refractivity contribution < 1.29 is 0 Å². The highest BCUT2D eigenvalue weighted by atomic mass is 32.1. The van der Waals surface area contributed by atoms with Gasteiger partial charge in [0.05, 0.1) is 5.56 Å². The Morgan fingerprint density at radius 2 is 2.00 bits per heavy atom. The molecular weight excluding hydrogens is 266 g/mol. The van der Waals surface area contributed by atoms with Gasteiger partial charge in [-0.15, -0.1) is 11.3 Å². The predicted octanol–water partition coefficient (Wildman–Crippen LogP) is 3.04. The van der Waals surface area contributed by atoms with E-state index in [4.69, 9.17) is 0 Å². The molecule has 4 heteroatoms. The van der Waals surface area contributed by atoms with Gasteiger partial charge in [-0.05, 0) is 31.4 Å². The molecular formula is C16H21N3S. The van der Waals surface area contributed by atoms with Crippen LogP contribution >= 0.6 is 11.3 Å². The van der Waals surface area contributed by atoms with Crippen molar-refractivity contribution in [2.45, 2.75) is 45.1 Å². The van der Waals surface area contributed by atoms with Gasteiger partial charge in [0, 0.05) is 29.9 Å². The van der Waals surface area contributed by atoms with Crippen LogP contribution < -0.4 is 10.2 Å². The van der Waals surface area contributed by atoms with Crippen LogP contribution in [0.25, 0.3) is 0 Å². The molecule has 0 atom stereocenters. The summed E-state index contributed by atoms with van der Waals surface area (Å²) >= 11 is 1.86. The highest BCUT2D eigenvalue weighted by Crippen LogP contribution is 2.48. The second-order valence-corrected chi connectivity index (χ2v) is 7.72. The molecule has 1 saturated carbocycles. The first kappa shape index (κ1) is 12.7. The van der Waals surface area contributed by atoms with Crippen LogP contribution in [-0.4, -0.2) is 19.6 Å². The number of thiophene rings is 1. The second kappa shape index (κ2) is 4.75. The third-order valence-electron chi connectivity index (χ3n) is 5.28. The van der Waals surface area contributed by atoms with Gasteiger partial charge in [0.2, 0.25) is 0 Å². The number of anilines is 1. The van der Waals surface area contributed by atoms with Crippen molar-refractivity contribution in [2.75, 3.05) is 24.5 Å². The first-order chi connectivity index (χ1) is 9.81. The van der Waals surface area contributed by atoms with Gasteiger partial charge in [-0.2, -0.15) is 5.26 Å². The summed E-state index contributed by atoms with van der Waals surface area (Å²) in [6.07, 6.45) is 8.06. The standard InChI is InChI=1S/C16H21N3S/c17-8-13-12-4-7-18-9-14(12)20-15(13)19-10-16(11-19)5-2-1-3-6-16/h18H,1-7,9-11H2. The van der Waals surface area contributed by atoms with Crippen molar-refractivity contribution in [3.63, 3.8) is 0 Å². The quantitative estimate of drug-likeness (QED) is 0.863. The molecule has 3 aliphatic rings.